The summed E-state index contributed by atoms with van der Waals surface area (Å²) in [6, 6.07) is 6.92. The number of aromatic hydroxyl groups is 1. The molecule has 0 aliphatic rings. The maximum absolute atomic E-state index is 9.13. The Morgan fingerprint density at radius 2 is 1.76 bits per heavy atom. The predicted octanol–water partition coefficient (Wildman–Crippen LogP) is 1.42. The van der Waals surface area contributed by atoms with Gasteiger partial charge in [-0.05, 0) is 24.3 Å². The van der Waals surface area contributed by atoms with Crippen molar-refractivity contribution in [1.29, 1.82) is 0 Å². The van der Waals surface area contributed by atoms with Crippen LogP contribution in [0.15, 0.2) is 36.7 Å². The monoisotopic (exact) mass is 230 g/mol. The summed E-state index contributed by atoms with van der Waals surface area (Å²) >= 11 is 0. The fraction of sp³-hybridized carbons (Fsp3) is 0.167. The van der Waals surface area contributed by atoms with Gasteiger partial charge in [0, 0.05) is 18.7 Å². The van der Waals surface area contributed by atoms with E-state index < -0.39 is 0 Å². The lowest BCUT2D eigenvalue weighted by molar-refractivity contribution is 0.475. The van der Waals surface area contributed by atoms with Crippen LogP contribution in [0, 0.1) is 0 Å². The van der Waals surface area contributed by atoms with Gasteiger partial charge >= 0.3 is 0 Å². The molecule has 2 rings (SSSR count). The lowest BCUT2D eigenvalue weighted by Crippen LogP contribution is -2.07. The lowest BCUT2D eigenvalue weighted by Gasteiger charge is -2.05. The SMILES string of the molecule is Nc1cnc(CCNc2ccc(O)cc2)nc1. The van der Waals surface area contributed by atoms with Gasteiger partial charge in [-0.15, -0.1) is 0 Å². The second-order valence-electron chi connectivity index (χ2n) is 3.66. The van der Waals surface area contributed by atoms with Gasteiger partial charge < -0.3 is 16.2 Å². The van der Waals surface area contributed by atoms with Crippen molar-refractivity contribution >= 4 is 11.4 Å². The average molecular weight is 230 g/mol. The number of nitrogens with two attached hydrogens (primary N) is 1. The highest BCUT2D eigenvalue weighted by atomic mass is 16.3. The average Bonchev–Trinajstić information content (AvgIpc) is 2.34. The molecule has 5 heteroatoms. The Morgan fingerprint density at radius 3 is 2.41 bits per heavy atom. The molecular formula is C12H14N4O. The zero-order valence-corrected chi connectivity index (χ0v) is 9.30. The molecule has 0 saturated carbocycles. The molecule has 5 nitrogen and oxygen atoms in total. The smallest absolute Gasteiger partial charge is 0.130 e. The van der Waals surface area contributed by atoms with Crippen molar-refractivity contribution in [3.63, 3.8) is 0 Å². The van der Waals surface area contributed by atoms with E-state index in [1.54, 1.807) is 24.5 Å². The van der Waals surface area contributed by atoms with Gasteiger partial charge in [0.2, 0.25) is 0 Å². The fourth-order valence-electron chi connectivity index (χ4n) is 1.39. The van der Waals surface area contributed by atoms with E-state index in [1.807, 2.05) is 12.1 Å². The molecule has 0 bridgehead atoms. The molecule has 0 unspecified atom stereocenters. The summed E-state index contributed by atoms with van der Waals surface area (Å²) in [7, 11) is 0. The van der Waals surface area contributed by atoms with Crippen molar-refractivity contribution in [1.82, 2.24) is 9.97 Å². The molecule has 0 radical (unpaired) electrons. The molecule has 0 atom stereocenters. The minimum Gasteiger partial charge on any atom is -0.508 e. The summed E-state index contributed by atoms with van der Waals surface area (Å²) in [5.74, 6) is 1.02. The maximum atomic E-state index is 9.13. The summed E-state index contributed by atoms with van der Waals surface area (Å²) in [5, 5.41) is 12.3. The Morgan fingerprint density at radius 1 is 1.12 bits per heavy atom. The van der Waals surface area contributed by atoms with Crippen LogP contribution in [0.2, 0.25) is 0 Å². The van der Waals surface area contributed by atoms with Gasteiger partial charge in [0.25, 0.3) is 0 Å². The molecule has 1 aromatic carbocycles. The Balaban J connectivity index is 1.83. The first kappa shape index (κ1) is 11.2. The first-order chi connectivity index (χ1) is 8.24. The van der Waals surface area contributed by atoms with Crippen LogP contribution >= 0.6 is 0 Å². The first-order valence-electron chi connectivity index (χ1n) is 5.33. The molecule has 88 valence electrons. The van der Waals surface area contributed by atoms with Gasteiger partial charge in [-0.1, -0.05) is 0 Å². The third kappa shape index (κ3) is 3.34. The molecule has 1 aromatic heterocycles. The molecule has 0 aliphatic heterocycles. The molecule has 0 saturated heterocycles. The molecule has 17 heavy (non-hydrogen) atoms. The van der Waals surface area contributed by atoms with Crippen LogP contribution in [-0.2, 0) is 6.42 Å². The Kier molecular flexibility index (Phi) is 3.40. The van der Waals surface area contributed by atoms with Crippen molar-refractivity contribution in [3.8, 4) is 5.75 Å². The van der Waals surface area contributed by atoms with Crippen molar-refractivity contribution < 1.29 is 5.11 Å². The summed E-state index contributed by atoms with van der Waals surface area (Å²) in [4.78, 5) is 8.21. The minimum atomic E-state index is 0.261. The zero-order valence-electron chi connectivity index (χ0n) is 9.30. The highest BCUT2D eigenvalue weighted by Crippen LogP contribution is 2.13. The quantitative estimate of drug-likeness (QED) is 0.692. The summed E-state index contributed by atoms with van der Waals surface area (Å²) in [6.45, 7) is 0.731. The highest BCUT2D eigenvalue weighted by Gasteiger charge is 1.97. The number of nitrogens with one attached hydrogen (secondary N) is 1. The van der Waals surface area contributed by atoms with E-state index >= 15 is 0 Å². The van der Waals surface area contributed by atoms with Crippen LogP contribution in [-0.4, -0.2) is 21.6 Å². The highest BCUT2D eigenvalue weighted by molar-refractivity contribution is 5.45. The first-order valence-corrected chi connectivity index (χ1v) is 5.33. The van der Waals surface area contributed by atoms with Crippen LogP contribution in [0.4, 0.5) is 11.4 Å². The van der Waals surface area contributed by atoms with E-state index in [2.05, 4.69) is 15.3 Å². The van der Waals surface area contributed by atoms with Gasteiger partial charge in [0.1, 0.15) is 11.6 Å². The molecule has 0 amide bonds. The number of anilines is 2. The number of benzene rings is 1. The van der Waals surface area contributed by atoms with E-state index in [0.29, 0.717) is 5.69 Å². The van der Waals surface area contributed by atoms with Crippen LogP contribution in [0.25, 0.3) is 0 Å². The second kappa shape index (κ2) is 5.16. The Labute approximate surface area is 99.3 Å². The van der Waals surface area contributed by atoms with Crippen LogP contribution in [0.3, 0.4) is 0 Å². The topological polar surface area (TPSA) is 84.1 Å². The maximum Gasteiger partial charge on any atom is 0.130 e. The van der Waals surface area contributed by atoms with Gasteiger partial charge in [0.15, 0.2) is 0 Å². The van der Waals surface area contributed by atoms with Gasteiger partial charge in [0.05, 0.1) is 18.1 Å². The number of hydrogen-bond donors (Lipinski definition) is 3. The summed E-state index contributed by atoms with van der Waals surface area (Å²) in [6.07, 6.45) is 3.92. The Hall–Kier alpha value is -2.30. The number of rotatable bonds is 4. The number of nitrogens with zero attached hydrogens (tertiary/aromatic N) is 2. The van der Waals surface area contributed by atoms with E-state index in [9.17, 15) is 0 Å². The number of aromatic nitrogens is 2. The molecule has 2 aromatic rings. The molecule has 0 aliphatic carbocycles. The van der Waals surface area contributed by atoms with Crippen LogP contribution in [0.1, 0.15) is 5.82 Å². The van der Waals surface area contributed by atoms with E-state index in [-0.39, 0.29) is 5.75 Å². The number of phenolic OH excluding ortho intramolecular Hbond substituents is 1. The van der Waals surface area contributed by atoms with E-state index in [1.165, 1.54) is 0 Å². The van der Waals surface area contributed by atoms with Crippen LogP contribution < -0.4 is 11.1 Å². The molecular weight excluding hydrogens is 216 g/mol. The van der Waals surface area contributed by atoms with Crippen LogP contribution in [0.5, 0.6) is 5.75 Å². The van der Waals surface area contributed by atoms with Crippen molar-refractivity contribution in [2.24, 2.45) is 0 Å². The van der Waals surface area contributed by atoms with Gasteiger partial charge in [-0.3, -0.25) is 0 Å². The number of hydrogen-bond acceptors (Lipinski definition) is 5. The summed E-state index contributed by atoms with van der Waals surface area (Å²) in [5.41, 5.74) is 7.02. The van der Waals surface area contributed by atoms with Gasteiger partial charge in [-0.25, -0.2) is 9.97 Å². The molecule has 4 N–H and O–H groups in total. The second-order valence-corrected chi connectivity index (χ2v) is 3.66. The molecule has 0 fully saturated rings. The Bertz CT molecular complexity index is 421. The zero-order chi connectivity index (χ0) is 12.1. The molecule has 0 spiro atoms. The standard InChI is InChI=1S/C12H14N4O/c13-9-7-15-12(16-8-9)5-6-14-10-1-3-11(17)4-2-10/h1-4,7-8,14,17H,5-6,13H2. The predicted molar refractivity (Wildman–Crippen MR) is 66.7 cm³/mol. The van der Waals surface area contributed by atoms with Crippen molar-refractivity contribution in [2.45, 2.75) is 6.42 Å². The third-order valence-electron chi connectivity index (χ3n) is 2.27. The van der Waals surface area contributed by atoms with Crippen molar-refractivity contribution in [3.05, 3.63) is 42.5 Å². The van der Waals surface area contributed by atoms with E-state index in [4.69, 9.17) is 10.8 Å². The molecule has 1 heterocycles. The largest absolute Gasteiger partial charge is 0.508 e. The normalized spacial score (nSPS) is 10.1. The van der Waals surface area contributed by atoms with Crippen molar-refractivity contribution in [2.75, 3.05) is 17.6 Å². The lowest BCUT2D eigenvalue weighted by atomic mass is 10.3. The van der Waals surface area contributed by atoms with E-state index in [0.717, 1.165) is 24.5 Å². The minimum absolute atomic E-state index is 0.261. The third-order valence-corrected chi connectivity index (χ3v) is 2.27. The summed E-state index contributed by atoms with van der Waals surface area (Å²) < 4.78 is 0. The number of phenols is 1. The number of nitrogen functional groups attached to an aromatic ring is 1. The fourth-order valence-corrected chi connectivity index (χ4v) is 1.39. The van der Waals surface area contributed by atoms with Gasteiger partial charge in [-0.2, -0.15) is 0 Å².